The first-order valence-electron chi connectivity index (χ1n) is 7.02. The van der Waals surface area contributed by atoms with Crippen LogP contribution in [0.15, 0.2) is 24.3 Å². The highest BCUT2D eigenvalue weighted by Gasteiger charge is 2.23. The summed E-state index contributed by atoms with van der Waals surface area (Å²) >= 11 is 0. The molecule has 17 heavy (non-hydrogen) atoms. The SMILES string of the molecule is c1ccc2c(c1)NCCC2NC1CCCCC1. The molecule has 1 saturated carbocycles. The molecule has 0 saturated heterocycles. The summed E-state index contributed by atoms with van der Waals surface area (Å²) in [5.74, 6) is 0. The average molecular weight is 230 g/mol. The average Bonchev–Trinajstić information content (AvgIpc) is 2.40. The van der Waals surface area contributed by atoms with Crippen LogP contribution in [0.4, 0.5) is 5.69 Å². The highest BCUT2D eigenvalue weighted by Crippen LogP contribution is 2.31. The van der Waals surface area contributed by atoms with Crippen LogP contribution < -0.4 is 10.6 Å². The van der Waals surface area contributed by atoms with Gasteiger partial charge < -0.3 is 10.6 Å². The summed E-state index contributed by atoms with van der Waals surface area (Å²) in [5.41, 5.74) is 2.79. The minimum Gasteiger partial charge on any atom is -0.385 e. The fraction of sp³-hybridized carbons (Fsp3) is 0.600. The zero-order valence-corrected chi connectivity index (χ0v) is 10.4. The standard InChI is InChI=1S/C15H22N2/c1-2-6-12(7-3-1)17-15-10-11-16-14-9-5-4-8-13(14)15/h4-5,8-9,12,15-17H,1-3,6-7,10-11H2. The molecule has 1 fully saturated rings. The van der Waals surface area contributed by atoms with Crippen LogP contribution in [-0.2, 0) is 0 Å². The van der Waals surface area contributed by atoms with Gasteiger partial charge in [-0.2, -0.15) is 0 Å². The Morgan fingerprint density at radius 2 is 1.82 bits per heavy atom. The van der Waals surface area contributed by atoms with Gasteiger partial charge in [0.25, 0.3) is 0 Å². The van der Waals surface area contributed by atoms with Gasteiger partial charge in [-0.15, -0.1) is 0 Å². The van der Waals surface area contributed by atoms with Gasteiger partial charge in [-0.1, -0.05) is 37.5 Å². The van der Waals surface area contributed by atoms with E-state index in [-0.39, 0.29) is 0 Å². The summed E-state index contributed by atoms with van der Waals surface area (Å²) in [6.45, 7) is 1.10. The van der Waals surface area contributed by atoms with Gasteiger partial charge in [-0.3, -0.25) is 0 Å². The molecule has 1 atom stereocenters. The molecule has 1 heterocycles. The molecule has 92 valence electrons. The minimum atomic E-state index is 0.565. The molecule has 0 aromatic heterocycles. The second kappa shape index (κ2) is 5.09. The van der Waals surface area contributed by atoms with E-state index in [0.29, 0.717) is 6.04 Å². The third kappa shape index (κ3) is 2.47. The van der Waals surface area contributed by atoms with Crippen molar-refractivity contribution in [2.75, 3.05) is 11.9 Å². The van der Waals surface area contributed by atoms with Gasteiger partial charge in [0, 0.05) is 24.3 Å². The summed E-state index contributed by atoms with van der Waals surface area (Å²) in [4.78, 5) is 0. The first kappa shape index (κ1) is 11.1. The zero-order chi connectivity index (χ0) is 11.5. The van der Waals surface area contributed by atoms with Crippen molar-refractivity contribution < 1.29 is 0 Å². The summed E-state index contributed by atoms with van der Waals surface area (Å²) in [5, 5.41) is 7.36. The molecule has 0 spiro atoms. The van der Waals surface area contributed by atoms with Crippen LogP contribution in [0.2, 0.25) is 0 Å². The summed E-state index contributed by atoms with van der Waals surface area (Å²) in [7, 11) is 0. The first-order chi connectivity index (χ1) is 8.43. The quantitative estimate of drug-likeness (QED) is 0.813. The lowest BCUT2D eigenvalue weighted by molar-refractivity contribution is 0.330. The number of hydrogen-bond donors (Lipinski definition) is 2. The zero-order valence-electron chi connectivity index (χ0n) is 10.4. The van der Waals surface area contributed by atoms with Crippen molar-refractivity contribution in [2.45, 2.75) is 50.6 Å². The summed E-state index contributed by atoms with van der Waals surface area (Å²) < 4.78 is 0. The van der Waals surface area contributed by atoms with E-state index in [0.717, 1.165) is 12.6 Å². The van der Waals surface area contributed by atoms with E-state index in [1.54, 1.807) is 0 Å². The molecule has 0 bridgehead atoms. The van der Waals surface area contributed by atoms with Gasteiger partial charge in [0.2, 0.25) is 0 Å². The van der Waals surface area contributed by atoms with Crippen LogP contribution in [0.5, 0.6) is 0 Å². The summed E-state index contributed by atoms with van der Waals surface area (Å²) in [6.07, 6.45) is 8.20. The number of benzene rings is 1. The lowest BCUT2D eigenvalue weighted by Crippen LogP contribution is -2.37. The molecule has 2 heteroatoms. The van der Waals surface area contributed by atoms with E-state index in [1.165, 1.54) is 49.8 Å². The minimum absolute atomic E-state index is 0.565. The molecule has 0 amide bonds. The van der Waals surface area contributed by atoms with Gasteiger partial charge in [0.15, 0.2) is 0 Å². The van der Waals surface area contributed by atoms with Crippen LogP contribution in [0.1, 0.15) is 50.1 Å². The van der Waals surface area contributed by atoms with Gasteiger partial charge in [-0.25, -0.2) is 0 Å². The van der Waals surface area contributed by atoms with Gasteiger partial charge in [-0.05, 0) is 30.9 Å². The van der Waals surface area contributed by atoms with Gasteiger partial charge >= 0.3 is 0 Å². The lowest BCUT2D eigenvalue weighted by atomic mass is 9.92. The number of nitrogens with one attached hydrogen (secondary N) is 2. The maximum Gasteiger partial charge on any atom is 0.0388 e. The Hall–Kier alpha value is -1.02. The van der Waals surface area contributed by atoms with Crippen LogP contribution in [0, 0.1) is 0 Å². The second-order valence-corrected chi connectivity index (χ2v) is 5.36. The topological polar surface area (TPSA) is 24.1 Å². The molecule has 1 unspecified atom stereocenters. The predicted molar refractivity (Wildman–Crippen MR) is 72.3 cm³/mol. The lowest BCUT2D eigenvalue weighted by Gasteiger charge is -2.32. The molecule has 1 aliphatic carbocycles. The van der Waals surface area contributed by atoms with Crippen molar-refractivity contribution in [1.29, 1.82) is 0 Å². The Bertz CT molecular complexity index is 369. The number of para-hydroxylation sites is 1. The molecule has 2 nitrogen and oxygen atoms in total. The molecular weight excluding hydrogens is 208 g/mol. The van der Waals surface area contributed by atoms with Crippen LogP contribution >= 0.6 is 0 Å². The predicted octanol–water partition coefficient (Wildman–Crippen LogP) is 3.47. The van der Waals surface area contributed by atoms with Gasteiger partial charge in [0.05, 0.1) is 0 Å². The smallest absolute Gasteiger partial charge is 0.0388 e. The highest BCUT2D eigenvalue weighted by atomic mass is 15.0. The molecule has 1 aromatic rings. The van der Waals surface area contributed by atoms with Crippen molar-refractivity contribution >= 4 is 5.69 Å². The van der Waals surface area contributed by atoms with Crippen molar-refractivity contribution in [3.05, 3.63) is 29.8 Å². The first-order valence-corrected chi connectivity index (χ1v) is 7.02. The maximum atomic E-state index is 3.87. The van der Waals surface area contributed by atoms with Crippen molar-refractivity contribution in [3.8, 4) is 0 Å². The Morgan fingerprint density at radius 3 is 2.71 bits per heavy atom. The second-order valence-electron chi connectivity index (χ2n) is 5.36. The fourth-order valence-corrected chi connectivity index (χ4v) is 3.20. The normalized spacial score (nSPS) is 25.1. The maximum absolute atomic E-state index is 3.87. The van der Waals surface area contributed by atoms with Crippen molar-refractivity contribution in [3.63, 3.8) is 0 Å². The molecule has 1 aromatic carbocycles. The van der Waals surface area contributed by atoms with Crippen molar-refractivity contribution in [1.82, 2.24) is 5.32 Å². The molecule has 0 radical (unpaired) electrons. The Kier molecular flexibility index (Phi) is 3.32. The molecule has 1 aliphatic heterocycles. The monoisotopic (exact) mass is 230 g/mol. The van der Waals surface area contributed by atoms with E-state index in [1.807, 2.05) is 0 Å². The number of rotatable bonds is 2. The van der Waals surface area contributed by atoms with Crippen molar-refractivity contribution in [2.24, 2.45) is 0 Å². The number of anilines is 1. The number of fused-ring (bicyclic) bond motifs is 1. The molecule has 3 rings (SSSR count). The Balaban J connectivity index is 1.71. The fourth-order valence-electron chi connectivity index (χ4n) is 3.20. The molecule has 2 aliphatic rings. The number of hydrogen-bond acceptors (Lipinski definition) is 2. The van der Waals surface area contributed by atoms with E-state index in [2.05, 4.69) is 34.9 Å². The highest BCUT2D eigenvalue weighted by molar-refractivity contribution is 5.54. The van der Waals surface area contributed by atoms with Crippen LogP contribution in [0.25, 0.3) is 0 Å². The summed E-state index contributed by atoms with van der Waals surface area (Å²) in [6, 6.07) is 10.1. The molecular formula is C15H22N2. The van der Waals surface area contributed by atoms with Gasteiger partial charge in [0.1, 0.15) is 0 Å². The van der Waals surface area contributed by atoms with Crippen LogP contribution in [-0.4, -0.2) is 12.6 Å². The van der Waals surface area contributed by atoms with E-state index >= 15 is 0 Å². The third-order valence-electron chi connectivity index (χ3n) is 4.13. The van der Waals surface area contributed by atoms with E-state index in [9.17, 15) is 0 Å². The Labute approximate surface area is 104 Å². The van der Waals surface area contributed by atoms with E-state index < -0.39 is 0 Å². The van der Waals surface area contributed by atoms with E-state index in [4.69, 9.17) is 0 Å². The Morgan fingerprint density at radius 1 is 1.00 bits per heavy atom. The third-order valence-corrected chi connectivity index (χ3v) is 4.13. The molecule has 2 N–H and O–H groups in total. The largest absolute Gasteiger partial charge is 0.385 e. The van der Waals surface area contributed by atoms with Crippen LogP contribution in [0.3, 0.4) is 0 Å².